The Bertz CT molecular complexity index is 170. The van der Waals surface area contributed by atoms with Crippen molar-refractivity contribution in [3.8, 4) is 0 Å². The summed E-state index contributed by atoms with van der Waals surface area (Å²) in [5.41, 5.74) is 3.21. The lowest BCUT2D eigenvalue weighted by atomic mass is 9.88. The van der Waals surface area contributed by atoms with Crippen LogP contribution in [0.5, 0.6) is 0 Å². The van der Waals surface area contributed by atoms with Crippen LogP contribution < -0.4 is 5.32 Å². The Morgan fingerprint density at radius 2 is 2.30 bits per heavy atom. The van der Waals surface area contributed by atoms with Crippen LogP contribution in [0.25, 0.3) is 0 Å². The largest absolute Gasteiger partial charge is 0.388 e. The Balaban J connectivity index is 2.25. The smallest absolute Gasteiger partial charge is 0.0150 e. The summed E-state index contributed by atoms with van der Waals surface area (Å²) in [6.45, 7) is 3.50. The van der Waals surface area contributed by atoms with Crippen molar-refractivity contribution in [3.63, 3.8) is 0 Å². The van der Waals surface area contributed by atoms with E-state index in [9.17, 15) is 0 Å². The Hall–Kier alpha value is -0.460. The zero-order valence-electron chi connectivity index (χ0n) is 6.61. The third-order valence-electron chi connectivity index (χ3n) is 2.78. The predicted molar refractivity (Wildman–Crippen MR) is 42.7 cm³/mol. The van der Waals surface area contributed by atoms with Gasteiger partial charge in [-0.2, -0.15) is 0 Å². The van der Waals surface area contributed by atoms with E-state index >= 15 is 0 Å². The summed E-state index contributed by atoms with van der Waals surface area (Å²) in [6, 6.07) is 0. The first-order valence-electron chi connectivity index (χ1n) is 4.31. The van der Waals surface area contributed by atoms with Gasteiger partial charge in [-0.1, -0.05) is 5.57 Å². The molecule has 0 radical (unpaired) electrons. The highest BCUT2D eigenvalue weighted by Gasteiger charge is 2.24. The molecule has 0 amide bonds. The molecule has 1 aliphatic carbocycles. The third kappa shape index (κ3) is 0.845. The molecule has 1 heteroatoms. The van der Waals surface area contributed by atoms with Crippen LogP contribution in [-0.2, 0) is 0 Å². The van der Waals surface area contributed by atoms with Gasteiger partial charge >= 0.3 is 0 Å². The maximum absolute atomic E-state index is 3.49. The van der Waals surface area contributed by atoms with Crippen LogP contribution in [0.15, 0.2) is 11.3 Å². The summed E-state index contributed by atoms with van der Waals surface area (Å²) >= 11 is 0. The molecule has 1 N–H and O–H groups in total. The fourth-order valence-corrected chi connectivity index (χ4v) is 2.21. The number of nitrogens with one attached hydrogen (secondary N) is 1. The van der Waals surface area contributed by atoms with Gasteiger partial charge in [-0.15, -0.1) is 0 Å². The highest BCUT2D eigenvalue weighted by Crippen LogP contribution is 2.33. The summed E-state index contributed by atoms with van der Waals surface area (Å²) in [4.78, 5) is 0. The van der Waals surface area contributed by atoms with Gasteiger partial charge in [-0.25, -0.2) is 0 Å². The van der Waals surface area contributed by atoms with Gasteiger partial charge in [0.05, 0.1) is 0 Å². The second-order valence-electron chi connectivity index (χ2n) is 3.50. The Morgan fingerprint density at radius 3 is 3.10 bits per heavy atom. The second-order valence-corrected chi connectivity index (χ2v) is 3.50. The van der Waals surface area contributed by atoms with Crippen LogP contribution in [0, 0.1) is 5.92 Å². The van der Waals surface area contributed by atoms with Gasteiger partial charge in [-0.3, -0.25) is 0 Å². The van der Waals surface area contributed by atoms with E-state index in [0.717, 1.165) is 5.92 Å². The molecule has 1 atom stereocenters. The van der Waals surface area contributed by atoms with Gasteiger partial charge in [0.2, 0.25) is 0 Å². The molecule has 0 spiro atoms. The van der Waals surface area contributed by atoms with Crippen molar-refractivity contribution in [1.82, 2.24) is 5.32 Å². The first-order valence-corrected chi connectivity index (χ1v) is 4.31. The lowest BCUT2D eigenvalue weighted by molar-refractivity contribution is 0.516. The molecule has 0 aromatic heterocycles. The molecular formula is C9H15N. The first-order chi connectivity index (χ1) is 4.88. The Kier molecular flexibility index (Phi) is 1.44. The minimum atomic E-state index is 0.911. The van der Waals surface area contributed by atoms with Crippen molar-refractivity contribution in [2.24, 2.45) is 5.92 Å². The Morgan fingerprint density at radius 1 is 1.40 bits per heavy atom. The van der Waals surface area contributed by atoms with Gasteiger partial charge in [0.25, 0.3) is 0 Å². The summed E-state index contributed by atoms with van der Waals surface area (Å²) in [6.07, 6.45) is 5.56. The van der Waals surface area contributed by atoms with E-state index in [1.807, 2.05) is 0 Å². The maximum atomic E-state index is 3.49. The predicted octanol–water partition coefficient (Wildman–Crippen LogP) is 2.05. The van der Waals surface area contributed by atoms with E-state index < -0.39 is 0 Å². The zero-order valence-corrected chi connectivity index (χ0v) is 6.61. The highest BCUT2D eigenvalue weighted by atomic mass is 14.9. The number of hydrogen-bond donors (Lipinski definition) is 1. The molecule has 1 saturated heterocycles. The van der Waals surface area contributed by atoms with Crippen molar-refractivity contribution in [1.29, 1.82) is 0 Å². The summed E-state index contributed by atoms with van der Waals surface area (Å²) < 4.78 is 0. The fourth-order valence-electron chi connectivity index (χ4n) is 2.21. The number of allylic oxidation sites excluding steroid dienone is 2. The minimum Gasteiger partial charge on any atom is -0.388 e. The topological polar surface area (TPSA) is 12.0 Å². The van der Waals surface area contributed by atoms with Crippen molar-refractivity contribution in [2.45, 2.75) is 32.6 Å². The van der Waals surface area contributed by atoms with E-state index in [0.29, 0.717) is 0 Å². The van der Waals surface area contributed by atoms with Crippen LogP contribution in [0.4, 0.5) is 0 Å². The molecule has 1 heterocycles. The molecule has 1 aliphatic heterocycles. The van der Waals surface area contributed by atoms with E-state index in [4.69, 9.17) is 0 Å². The third-order valence-corrected chi connectivity index (χ3v) is 2.78. The van der Waals surface area contributed by atoms with E-state index in [2.05, 4.69) is 12.2 Å². The first kappa shape index (κ1) is 6.26. The maximum Gasteiger partial charge on any atom is 0.0150 e. The number of fused-ring (bicyclic) bond motifs is 1. The second kappa shape index (κ2) is 2.30. The lowest BCUT2D eigenvalue weighted by Gasteiger charge is -2.20. The summed E-state index contributed by atoms with van der Waals surface area (Å²) in [7, 11) is 0. The molecule has 0 aromatic rings. The van der Waals surface area contributed by atoms with E-state index in [1.54, 1.807) is 11.3 Å². The van der Waals surface area contributed by atoms with Crippen LogP contribution >= 0.6 is 0 Å². The van der Waals surface area contributed by atoms with Crippen molar-refractivity contribution in [3.05, 3.63) is 11.3 Å². The van der Waals surface area contributed by atoms with Crippen LogP contribution in [0.3, 0.4) is 0 Å². The molecule has 1 nitrogen and oxygen atoms in total. The normalized spacial score (nSPS) is 31.9. The molecule has 0 bridgehead atoms. The van der Waals surface area contributed by atoms with Crippen LogP contribution in [-0.4, -0.2) is 6.54 Å². The molecule has 1 unspecified atom stereocenters. The average molecular weight is 137 g/mol. The van der Waals surface area contributed by atoms with E-state index in [-0.39, 0.29) is 0 Å². The average Bonchev–Trinajstić information content (AvgIpc) is 2.36. The van der Waals surface area contributed by atoms with Crippen LogP contribution in [0.1, 0.15) is 32.6 Å². The minimum absolute atomic E-state index is 0.911. The molecule has 56 valence electrons. The zero-order chi connectivity index (χ0) is 6.97. The van der Waals surface area contributed by atoms with Crippen molar-refractivity contribution >= 4 is 0 Å². The lowest BCUT2D eigenvalue weighted by Crippen LogP contribution is -2.13. The Labute approximate surface area is 62.5 Å². The molecule has 0 saturated carbocycles. The highest BCUT2D eigenvalue weighted by molar-refractivity contribution is 5.19. The quantitative estimate of drug-likeness (QED) is 0.539. The van der Waals surface area contributed by atoms with Crippen molar-refractivity contribution < 1.29 is 0 Å². The summed E-state index contributed by atoms with van der Waals surface area (Å²) in [5, 5.41) is 3.49. The molecular weight excluding hydrogens is 122 g/mol. The standard InChI is InChI=1S/C9H15N/c1-7-3-2-4-8-5-6-10-9(7)8/h8,10H,2-6H2,1H3. The summed E-state index contributed by atoms with van der Waals surface area (Å²) in [5.74, 6) is 0.911. The molecule has 1 fully saturated rings. The number of hydrogen-bond acceptors (Lipinski definition) is 1. The molecule has 10 heavy (non-hydrogen) atoms. The number of rotatable bonds is 0. The molecule has 2 aliphatic rings. The van der Waals surface area contributed by atoms with Gasteiger partial charge in [0, 0.05) is 18.2 Å². The molecule has 0 aromatic carbocycles. The van der Waals surface area contributed by atoms with Crippen molar-refractivity contribution in [2.75, 3.05) is 6.54 Å². The SMILES string of the molecule is CC1=C2NCCC2CCC1. The van der Waals surface area contributed by atoms with Gasteiger partial charge in [0.15, 0.2) is 0 Å². The van der Waals surface area contributed by atoms with Gasteiger partial charge in [0.1, 0.15) is 0 Å². The monoisotopic (exact) mass is 137 g/mol. The van der Waals surface area contributed by atoms with Gasteiger partial charge < -0.3 is 5.32 Å². The fraction of sp³-hybridized carbons (Fsp3) is 0.778. The molecule has 2 rings (SSSR count). The van der Waals surface area contributed by atoms with Gasteiger partial charge in [-0.05, 0) is 32.6 Å². The van der Waals surface area contributed by atoms with Crippen LogP contribution in [0.2, 0.25) is 0 Å². The van der Waals surface area contributed by atoms with E-state index in [1.165, 1.54) is 32.2 Å².